The molecule has 1 radical (unpaired) electrons. The van der Waals surface area contributed by atoms with Gasteiger partial charge in [0, 0.05) is 72.6 Å². The van der Waals surface area contributed by atoms with Gasteiger partial charge in [0.2, 0.25) is 0 Å². The Morgan fingerprint density at radius 2 is 1.00 bits per heavy atom. The van der Waals surface area contributed by atoms with Crippen LogP contribution in [-0.2, 0) is 32.7 Å². The Labute approximate surface area is 98.7 Å². The largest absolute Gasteiger partial charge is 0.631 e. The number of hydrogen-bond donors (Lipinski definition) is 3. The summed E-state index contributed by atoms with van der Waals surface area (Å²) in [6, 6.07) is 0. The van der Waals surface area contributed by atoms with Gasteiger partial charge in [-0.15, -0.1) is 0 Å². The molecule has 0 aromatic heterocycles. The summed E-state index contributed by atoms with van der Waals surface area (Å²) >= 11 is 0. The van der Waals surface area contributed by atoms with Gasteiger partial charge in [0.15, 0.2) is 0 Å². The van der Waals surface area contributed by atoms with Crippen molar-refractivity contribution in [3.05, 3.63) is 0 Å². The maximum absolute atomic E-state index is 7.17. The molecule has 7 heteroatoms. The molecule has 0 heterocycles. The Morgan fingerprint density at radius 3 is 1.00 bits per heavy atom. The van der Waals surface area contributed by atoms with E-state index >= 15 is 0 Å². The Hall–Kier alpha value is 2.33. The molecule has 0 aliphatic heterocycles. The molecule has 0 aliphatic carbocycles. The van der Waals surface area contributed by atoms with E-state index in [1.54, 1.807) is 0 Å². The number of rotatable bonds is 0. The van der Waals surface area contributed by atoms with E-state index in [2.05, 4.69) is 0 Å². The first-order chi connectivity index (χ1) is 1.73. The normalized spacial score (nSPS) is 3.86. The maximum atomic E-state index is 7.17. The molecule has 0 aliphatic rings. The van der Waals surface area contributed by atoms with Crippen LogP contribution in [0, 0.1) is 39.9 Å². The fraction of sp³-hybridized carbons (Fsp3) is 0. The minimum absolute atomic E-state index is 0. The summed E-state index contributed by atoms with van der Waals surface area (Å²) in [6.45, 7) is 0. The third-order valence-electron chi connectivity index (χ3n) is 0. The first kappa shape index (κ1) is 22.8. The minimum atomic E-state index is -2.17. The summed E-state index contributed by atoms with van der Waals surface area (Å²) in [5, 5.41) is 21.5. The fourth-order valence-corrected chi connectivity index (χ4v) is 0. The first-order valence-electron chi connectivity index (χ1n) is 0.775. The van der Waals surface area contributed by atoms with Gasteiger partial charge in [-0.05, 0) is 0 Å². The zero-order chi connectivity index (χ0) is 3.58. The van der Waals surface area contributed by atoms with Gasteiger partial charge < -0.3 is 20.5 Å². The summed E-state index contributed by atoms with van der Waals surface area (Å²) in [5.41, 5.74) is 0. The van der Waals surface area contributed by atoms with Crippen molar-refractivity contribution in [2.24, 2.45) is 0 Å². The Bertz CT molecular complexity index is 16.4. The van der Waals surface area contributed by atoms with Gasteiger partial charge in [-0.3, -0.25) is 0 Å². The van der Waals surface area contributed by atoms with Gasteiger partial charge >= 0.3 is 7.32 Å². The third-order valence-corrected chi connectivity index (χ3v) is 0. The quantitative estimate of drug-likeness (QED) is 0.418. The van der Waals surface area contributed by atoms with E-state index in [-0.39, 0.29) is 78.1 Å². The molecular formula is H5BGdO4Y. The van der Waals surface area contributed by atoms with Crippen LogP contribution in [-0.4, -0.2) is 27.9 Å². The van der Waals surface area contributed by atoms with Crippen molar-refractivity contribution in [1.82, 2.24) is 0 Å². The topological polar surface area (TPSA) is 92.2 Å². The van der Waals surface area contributed by atoms with E-state index in [0.29, 0.717) is 0 Å². The zero-order valence-corrected chi connectivity index (χ0v) is 8.46. The Morgan fingerprint density at radius 1 is 1.00 bits per heavy atom. The van der Waals surface area contributed by atoms with Gasteiger partial charge in [0.25, 0.3) is 0 Å². The van der Waals surface area contributed by atoms with E-state index in [0.717, 1.165) is 0 Å². The fourth-order valence-electron chi connectivity index (χ4n) is 0. The van der Waals surface area contributed by atoms with Crippen LogP contribution in [0.2, 0.25) is 0 Å². The van der Waals surface area contributed by atoms with Crippen LogP contribution in [0.4, 0.5) is 0 Å². The zero-order valence-electron chi connectivity index (χ0n) is 3.35. The predicted octanol–water partition coefficient (Wildman–Crippen LogP) is -2.88. The van der Waals surface area contributed by atoms with Crippen LogP contribution in [0.3, 0.4) is 0 Å². The second kappa shape index (κ2) is 15.8. The van der Waals surface area contributed by atoms with Crippen molar-refractivity contribution in [3.8, 4) is 0 Å². The molecule has 0 unspecified atom stereocenters. The van der Waals surface area contributed by atoms with Gasteiger partial charge in [0.05, 0.1) is 0 Å². The van der Waals surface area contributed by atoms with Crippen LogP contribution in [0.15, 0.2) is 0 Å². The molecule has 0 saturated heterocycles. The van der Waals surface area contributed by atoms with E-state index < -0.39 is 7.32 Å². The van der Waals surface area contributed by atoms with Gasteiger partial charge in [-0.1, -0.05) is 0 Å². The second-order valence-corrected chi connectivity index (χ2v) is 0.346. The average Bonchev–Trinajstić information content (AvgIpc) is 0.811. The molecule has 0 atom stereocenters. The molecular weight excluding hydrogens is 321 g/mol. The summed E-state index contributed by atoms with van der Waals surface area (Å²) in [5.74, 6) is 0. The van der Waals surface area contributed by atoms with E-state index in [1.807, 2.05) is 0 Å². The van der Waals surface area contributed by atoms with Crippen molar-refractivity contribution in [1.29, 1.82) is 0 Å². The van der Waals surface area contributed by atoms with Gasteiger partial charge in [-0.25, -0.2) is 0 Å². The summed E-state index contributed by atoms with van der Waals surface area (Å²) in [4.78, 5) is 0. The molecule has 0 spiro atoms. The van der Waals surface area contributed by atoms with Crippen LogP contribution >= 0.6 is 0 Å². The predicted molar refractivity (Wildman–Crippen MR) is 16.0 cm³/mol. The third kappa shape index (κ3) is 61.4. The van der Waals surface area contributed by atoms with Crippen molar-refractivity contribution in [2.45, 2.75) is 0 Å². The monoisotopic (exact) mass is 327 g/mol. The van der Waals surface area contributed by atoms with E-state index in [1.165, 1.54) is 0 Å². The van der Waals surface area contributed by atoms with Gasteiger partial charge in [0.1, 0.15) is 0 Å². The molecule has 5 N–H and O–H groups in total. The molecule has 0 amide bonds. The number of hydrogen-bond acceptors (Lipinski definition) is 3. The molecule has 4 nitrogen and oxygen atoms in total. The standard InChI is InChI=1S/BH3O3.Gd.H2O.Y/c2-1(3)4;;;/h2-4H;;1H2;. The van der Waals surface area contributed by atoms with Crippen molar-refractivity contribution >= 4 is 7.32 Å². The van der Waals surface area contributed by atoms with Crippen LogP contribution in [0.5, 0.6) is 0 Å². The molecule has 0 fully saturated rings. The summed E-state index contributed by atoms with van der Waals surface area (Å²) in [6.07, 6.45) is 0. The average molecular weight is 326 g/mol. The molecule has 0 rings (SSSR count). The molecule has 7 heavy (non-hydrogen) atoms. The molecule has 43 valence electrons. The van der Waals surface area contributed by atoms with Crippen molar-refractivity contribution in [3.63, 3.8) is 0 Å². The van der Waals surface area contributed by atoms with Crippen molar-refractivity contribution in [2.75, 3.05) is 0 Å². The van der Waals surface area contributed by atoms with Crippen molar-refractivity contribution < 1.29 is 93.2 Å². The summed E-state index contributed by atoms with van der Waals surface area (Å²) < 4.78 is 0. The first-order valence-corrected chi connectivity index (χ1v) is 0.775. The smallest absolute Gasteiger partial charge is 0.412 e. The Kier molecular flexibility index (Phi) is 51.3. The molecule has 0 aromatic carbocycles. The SMILES string of the molecule is O.OB(O)O.[Gd].[Y]. The molecule has 0 aromatic rings. The maximum Gasteiger partial charge on any atom is 0.631 e. The Balaban J connectivity index is -0.0000000150. The van der Waals surface area contributed by atoms with E-state index in [4.69, 9.17) is 15.1 Å². The van der Waals surface area contributed by atoms with Gasteiger partial charge in [-0.2, -0.15) is 0 Å². The van der Waals surface area contributed by atoms with E-state index in [9.17, 15) is 0 Å². The van der Waals surface area contributed by atoms with Crippen LogP contribution in [0.25, 0.3) is 0 Å². The summed E-state index contributed by atoms with van der Waals surface area (Å²) in [7, 11) is -2.17. The van der Waals surface area contributed by atoms with Crippen LogP contribution in [0.1, 0.15) is 0 Å². The molecule has 0 saturated carbocycles. The minimum Gasteiger partial charge on any atom is -0.412 e. The van der Waals surface area contributed by atoms with Crippen LogP contribution < -0.4 is 0 Å². The second-order valence-electron chi connectivity index (χ2n) is 0.346. The molecule has 0 bridgehead atoms.